The van der Waals surface area contributed by atoms with E-state index in [1.807, 2.05) is 6.07 Å². The Bertz CT molecular complexity index is 284. The van der Waals surface area contributed by atoms with Gasteiger partial charge in [-0.05, 0) is 23.9 Å². The highest BCUT2D eigenvalue weighted by Gasteiger charge is 2.04. The zero-order valence-electron chi connectivity index (χ0n) is 8.16. The van der Waals surface area contributed by atoms with Gasteiger partial charge in [0.05, 0.1) is 7.11 Å². The van der Waals surface area contributed by atoms with Crippen LogP contribution in [0.2, 0.25) is 0 Å². The molecule has 0 aliphatic rings. The summed E-state index contributed by atoms with van der Waals surface area (Å²) in [5.41, 5.74) is 0.568. The van der Waals surface area contributed by atoms with E-state index in [2.05, 4.69) is 13.8 Å². The summed E-state index contributed by atoms with van der Waals surface area (Å²) in [5, 5.41) is 10.5. The highest BCUT2D eigenvalue weighted by molar-refractivity contribution is 7.48. The SMILES string of the molecule is COc1ccc(O)c(PC(C)C)c1. The Morgan fingerprint density at radius 2 is 2.08 bits per heavy atom. The average molecular weight is 198 g/mol. The molecular weight excluding hydrogens is 183 g/mol. The molecule has 1 rings (SSSR count). The molecule has 1 atom stereocenters. The summed E-state index contributed by atoms with van der Waals surface area (Å²) in [5.74, 6) is 1.17. The van der Waals surface area contributed by atoms with E-state index in [1.165, 1.54) is 0 Å². The minimum Gasteiger partial charge on any atom is -0.507 e. The molecule has 0 saturated carbocycles. The highest BCUT2D eigenvalue weighted by Crippen LogP contribution is 2.25. The molecule has 0 aliphatic heterocycles. The first-order valence-corrected chi connectivity index (χ1v) is 5.34. The summed E-state index contributed by atoms with van der Waals surface area (Å²) in [7, 11) is 2.26. The van der Waals surface area contributed by atoms with Gasteiger partial charge >= 0.3 is 0 Å². The Morgan fingerprint density at radius 3 is 2.62 bits per heavy atom. The molecule has 0 heterocycles. The molecule has 1 aromatic rings. The van der Waals surface area contributed by atoms with E-state index in [1.54, 1.807) is 19.2 Å². The summed E-state index contributed by atoms with van der Waals surface area (Å²) in [6.07, 6.45) is 0. The molecule has 1 N–H and O–H groups in total. The molecule has 0 spiro atoms. The van der Waals surface area contributed by atoms with Crippen LogP contribution >= 0.6 is 8.58 Å². The first-order valence-electron chi connectivity index (χ1n) is 4.27. The van der Waals surface area contributed by atoms with E-state index in [4.69, 9.17) is 4.74 Å². The molecule has 0 bridgehead atoms. The van der Waals surface area contributed by atoms with Gasteiger partial charge in [0.2, 0.25) is 0 Å². The molecular formula is C10H15O2P. The molecule has 0 aromatic heterocycles. The van der Waals surface area contributed by atoms with Crippen LogP contribution in [-0.2, 0) is 0 Å². The van der Waals surface area contributed by atoms with Crippen molar-refractivity contribution in [2.24, 2.45) is 0 Å². The Balaban J connectivity index is 2.90. The first-order chi connectivity index (χ1) is 6.13. The number of phenols is 1. The fourth-order valence-electron chi connectivity index (χ4n) is 1.07. The minimum atomic E-state index is 0.368. The maximum atomic E-state index is 9.53. The van der Waals surface area contributed by atoms with Crippen molar-refractivity contribution in [3.8, 4) is 11.5 Å². The van der Waals surface area contributed by atoms with Crippen molar-refractivity contribution < 1.29 is 9.84 Å². The number of aromatic hydroxyl groups is 1. The molecule has 1 unspecified atom stereocenters. The van der Waals surface area contributed by atoms with Crippen molar-refractivity contribution in [3.63, 3.8) is 0 Å². The van der Waals surface area contributed by atoms with Gasteiger partial charge in [0.15, 0.2) is 0 Å². The number of ether oxygens (including phenoxy) is 1. The highest BCUT2D eigenvalue weighted by atomic mass is 31.1. The van der Waals surface area contributed by atoms with E-state index < -0.39 is 0 Å². The van der Waals surface area contributed by atoms with Crippen LogP contribution in [-0.4, -0.2) is 17.9 Å². The normalized spacial score (nSPS) is 11.4. The van der Waals surface area contributed by atoms with E-state index in [0.717, 1.165) is 11.1 Å². The number of hydrogen-bond donors (Lipinski definition) is 1. The number of rotatable bonds is 3. The van der Waals surface area contributed by atoms with Gasteiger partial charge in [0.1, 0.15) is 11.5 Å². The zero-order valence-corrected chi connectivity index (χ0v) is 9.16. The van der Waals surface area contributed by atoms with Crippen LogP contribution in [0.3, 0.4) is 0 Å². The third-order valence-electron chi connectivity index (χ3n) is 1.65. The van der Waals surface area contributed by atoms with E-state index >= 15 is 0 Å². The second kappa shape index (κ2) is 4.48. The maximum absolute atomic E-state index is 9.53. The van der Waals surface area contributed by atoms with Crippen LogP contribution in [0.4, 0.5) is 0 Å². The topological polar surface area (TPSA) is 29.5 Å². The van der Waals surface area contributed by atoms with E-state index in [9.17, 15) is 5.11 Å². The van der Waals surface area contributed by atoms with Crippen LogP contribution in [0, 0.1) is 0 Å². The lowest BCUT2D eigenvalue weighted by molar-refractivity contribution is 0.413. The van der Waals surface area contributed by atoms with Gasteiger partial charge in [-0.3, -0.25) is 0 Å². The third-order valence-corrected chi connectivity index (χ3v) is 2.94. The fraction of sp³-hybridized carbons (Fsp3) is 0.400. The van der Waals surface area contributed by atoms with Gasteiger partial charge < -0.3 is 9.84 Å². The first kappa shape index (κ1) is 10.3. The van der Waals surface area contributed by atoms with Crippen LogP contribution < -0.4 is 10.0 Å². The zero-order chi connectivity index (χ0) is 9.84. The largest absolute Gasteiger partial charge is 0.507 e. The molecule has 0 amide bonds. The minimum absolute atomic E-state index is 0.368. The Labute approximate surface area is 80.7 Å². The fourth-order valence-corrected chi connectivity index (χ4v) is 2.15. The Morgan fingerprint density at radius 1 is 1.38 bits per heavy atom. The summed E-state index contributed by atoms with van der Waals surface area (Å²) in [6, 6.07) is 5.35. The predicted molar refractivity (Wildman–Crippen MR) is 57.7 cm³/mol. The standard InChI is InChI=1S/C10H15O2P/c1-7(2)13-10-6-8(12-3)4-5-9(10)11/h4-7,11,13H,1-3H3. The molecule has 0 aliphatic carbocycles. The van der Waals surface area contributed by atoms with Crippen molar-refractivity contribution in [1.29, 1.82) is 0 Å². The monoisotopic (exact) mass is 198 g/mol. The molecule has 72 valence electrons. The summed E-state index contributed by atoms with van der Waals surface area (Å²) in [6.45, 7) is 4.27. The third kappa shape index (κ3) is 2.89. The Kier molecular flexibility index (Phi) is 3.56. The van der Waals surface area contributed by atoms with Crippen LogP contribution in [0.5, 0.6) is 11.5 Å². The van der Waals surface area contributed by atoms with Crippen molar-refractivity contribution in [2.75, 3.05) is 7.11 Å². The maximum Gasteiger partial charge on any atom is 0.123 e. The van der Waals surface area contributed by atoms with E-state index in [0.29, 0.717) is 20.0 Å². The van der Waals surface area contributed by atoms with Crippen LogP contribution in [0.15, 0.2) is 18.2 Å². The lowest BCUT2D eigenvalue weighted by atomic mass is 10.3. The second-order valence-electron chi connectivity index (χ2n) is 3.18. The molecule has 0 saturated heterocycles. The number of methoxy groups -OCH3 is 1. The van der Waals surface area contributed by atoms with Gasteiger partial charge in [-0.1, -0.05) is 22.4 Å². The lowest BCUT2D eigenvalue weighted by Gasteiger charge is -2.09. The summed E-state index contributed by atoms with van der Waals surface area (Å²) in [4.78, 5) is 0. The van der Waals surface area contributed by atoms with Gasteiger partial charge in [-0.15, -0.1) is 0 Å². The van der Waals surface area contributed by atoms with Crippen LogP contribution in [0.25, 0.3) is 0 Å². The van der Waals surface area contributed by atoms with Crippen molar-refractivity contribution in [3.05, 3.63) is 18.2 Å². The molecule has 13 heavy (non-hydrogen) atoms. The summed E-state index contributed by atoms with van der Waals surface area (Å²) < 4.78 is 5.08. The van der Waals surface area contributed by atoms with Gasteiger partial charge in [0, 0.05) is 5.30 Å². The molecule has 0 fully saturated rings. The number of hydrogen-bond acceptors (Lipinski definition) is 2. The molecule has 3 heteroatoms. The van der Waals surface area contributed by atoms with Crippen molar-refractivity contribution in [2.45, 2.75) is 19.5 Å². The van der Waals surface area contributed by atoms with Gasteiger partial charge in [-0.2, -0.15) is 0 Å². The number of phenolic OH excluding ortho intramolecular Hbond substituents is 1. The van der Waals surface area contributed by atoms with Crippen molar-refractivity contribution in [1.82, 2.24) is 0 Å². The van der Waals surface area contributed by atoms with Crippen molar-refractivity contribution >= 4 is 13.9 Å². The smallest absolute Gasteiger partial charge is 0.123 e. The van der Waals surface area contributed by atoms with E-state index in [-0.39, 0.29) is 0 Å². The lowest BCUT2D eigenvalue weighted by Crippen LogP contribution is -2.00. The second-order valence-corrected chi connectivity index (χ2v) is 5.16. The molecule has 1 aromatic carbocycles. The molecule has 2 nitrogen and oxygen atoms in total. The summed E-state index contributed by atoms with van der Waals surface area (Å²) >= 11 is 0. The predicted octanol–water partition coefficient (Wildman–Crippen LogP) is 2.11. The van der Waals surface area contributed by atoms with Gasteiger partial charge in [-0.25, -0.2) is 0 Å². The quantitative estimate of drug-likeness (QED) is 0.754. The van der Waals surface area contributed by atoms with Gasteiger partial charge in [0.25, 0.3) is 0 Å². The Hall–Kier alpha value is -0.750. The number of benzene rings is 1. The average Bonchev–Trinajstić information content (AvgIpc) is 2.08. The van der Waals surface area contributed by atoms with Crippen LogP contribution in [0.1, 0.15) is 13.8 Å². The molecule has 0 radical (unpaired) electrons.